The molecule has 0 aliphatic carbocycles. The first-order valence-electron chi connectivity index (χ1n) is 8.03. The lowest BCUT2D eigenvalue weighted by Gasteiger charge is -2.06. The Bertz CT molecular complexity index is 974. The molecule has 4 aromatic rings. The lowest BCUT2D eigenvalue weighted by atomic mass is 9.95. The van der Waals surface area contributed by atoms with Crippen LogP contribution in [0.4, 0.5) is 0 Å². The van der Waals surface area contributed by atoms with E-state index in [1.807, 2.05) is 60.9 Å². The van der Waals surface area contributed by atoms with E-state index in [-0.39, 0.29) is 5.78 Å². The molecule has 5 heteroatoms. The van der Waals surface area contributed by atoms with Crippen molar-refractivity contribution in [2.75, 3.05) is 0 Å². The maximum absolute atomic E-state index is 13.2. The van der Waals surface area contributed by atoms with Crippen LogP contribution in [0.2, 0.25) is 10.0 Å². The summed E-state index contributed by atoms with van der Waals surface area (Å²) in [5, 5.41) is 1.32. The molecule has 2 aromatic carbocycles. The minimum atomic E-state index is -0.0533. The predicted molar refractivity (Wildman–Crippen MR) is 106 cm³/mol. The van der Waals surface area contributed by atoms with Crippen molar-refractivity contribution in [2.24, 2.45) is 0 Å². The summed E-state index contributed by atoms with van der Waals surface area (Å²) in [6, 6.07) is 14.9. The van der Waals surface area contributed by atoms with Crippen LogP contribution >= 0.6 is 23.2 Å². The standard InChI is InChI=1S/C21H14Cl2N2O/c22-15-5-1-13(2-6-15)17-9-24-11-19(17)21(26)20-12-25-10-18(20)14-3-7-16(23)8-4-14/h1-12,24-25H. The van der Waals surface area contributed by atoms with Crippen molar-refractivity contribution in [3.63, 3.8) is 0 Å². The Kier molecular flexibility index (Phi) is 4.41. The van der Waals surface area contributed by atoms with Gasteiger partial charge in [0.15, 0.2) is 5.78 Å². The molecule has 0 spiro atoms. The molecule has 0 unspecified atom stereocenters. The first-order valence-corrected chi connectivity index (χ1v) is 8.79. The van der Waals surface area contributed by atoms with Crippen LogP contribution in [0.15, 0.2) is 73.3 Å². The number of rotatable bonds is 4. The minimum Gasteiger partial charge on any atom is -0.366 e. The lowest BCUT2D eigenvalue weighted by Crippen LogP contribution is -2.02. The average Bonchev–Trinajstić information content (AvgIpc) is 3.32. The molecule has 0 radical (unpaired) electrons. The summed E-state index contributed by atoms with van der Waals surface area (Å²) in [5.74, 6) is -0.0533. The first kappa shape index (κ1) is 16.7. The molecule has 0 saturated heterocycles. The van der Waals surface area contributed by atoms with Crippen LogP contribution in [-0.2, 0) is 0 Å². The number of nitrogens with one attached hydrogen (secondary N) is 2. The summed E-state index contributed by atoms with van der Waals surface area (Å²) in [6.07, 6.45) is 7.10. The van der Waals surface area contributed by atoms with Gasteiger partial charge < -0.3 is 9.97 Å². The van der Waals surface area contributed by atoms with Crippen LogP contribution in [0.5, 0.6) is 0 Å². The monoisotopic (exact) mass is 380 g/mol. The van der Waals surface area contributed by atoms with Gasteiger partial charge in [0, 0.05) is 57.1 Å². The zero-order chi connectivity index (χ0) is 18.1. The van der Waals surface area contributed by atoms with E-state index >= 15 is 0 Å². The highest BCUT2D eigenvalue weighted by molar-refractivity contribution is 6.31. The van der Waals surface area contributed by atoms with Gasteiger partial charge in [-0.2, -0.15) is 0 Å². The zero-order valence-electron chi connectivity index (χ0n) is 13.6. The van der Waals surface area contributed by atoms with E-state index in [1.54, 1.807) is 12.4 Å². The molecule has 128 valence electrons. The van der Waals surface area contributed by atoms with Crippen molar-refractivity contribution in [3.05, 3.63) is 94.5 Å². The van der Waals surface area contributed by atoms with Crippen LogP contribution in [0.25, 0.3) is 22.3 Å². The van der Waals surface area contributed by atoms with Crippen molar-refractivity contribution in [3.8, 4) is 22.3 Å². The van der Waals surface area contributed by atoms with Gasteiger partial charge in [-0.15, -0.1) is 0 Å². The summed E-state index contributed by atoms with van der Waals surface area (Å²) >= 11 is 11.9. The molecule has 3 nitrogen and oxygen atoms in total. The molecule has 4 rings (SSSR count). The Balaban J connectivity index is 1.75. The van der Waals surface area contributed by atoms with Crippen molar-refractivity contribution in [1.29, 1.82) is 0 Å². The second kappa shape index (κ2) is 6.87. The molecule has 0 aliphatic rings. The number of hydrogen-bond donors (Lipinski definition) is 2. The Morgan fingerprint density at radius 2 is 1.00 bits per heavy atom. The maximum atomic E-state index is 13.2. The maximum Gasteiger partial charge on any atom is 0.197 e. The molecular weight excluding hydrogens is 367 g/mol. The van der Waals surface area contributed by atoms with Gasteiger partial charge in [-0.1, -0.05) is 47.5 Å². The fourth-order valence-corrected chi connectivity index (χ4v) is 3.24. The molecule has 0 amide bonds. The first-order chi connectivity index (χ1) is 12.6. The van der Waals surface area contributed by atoms with Gasteiger partial charge in [-0.25, -0.2) is 0 Å². The third-order valence-electron chi connectivity index (χ3n) is 4.29. The van der Waals surface area contributed by atoms with Gasteiger partial charge in [0.05, 0.1) is 0 Å². The zero-order valence-corrected chi connectivity index (χ0v) is 15.1. The number of aromatic nitrogens is 2. The molecular formula is C21H14Cl2N2O. The average molecular weight is 381 g/mol. The van der Waals surface area contributed by atoms with Crippen LogP contribution in [0.1, 0.15) is 15.9 Å². The van der Waals surface area contributed by atoms with Crippen molar-refractivity contribution >= 4 is 29.0 Å². The second-order valence-electron chi connectivity index (χ2n) is 5.91. The highest BCUT2D eigenvalue weighted by Crippen LogP contribution is 2.31. The Labute approximate surface area is 160 Å². The summed E-state index contributed by atoms with van der Waals surface area (Å²) in [7, 11) is 0. The predicted octanol–water partition coefficient (Wildman–Crippen LogP) is 6.21. The van der Waals surface area contributed by atoms with Gasteiger partial charge in [0.25, 0.3) is 0 Å². The molecule has 0 fully saturated rings. The Morgan fingerprint density at radius 1 is 0.615 bits per heavy atom. The van der Waals surface area contributed by atoms with Crippen molar-refractivity contribution < 1.29 is 4.79 Å². The van der Waals surface area contributed by atoms with Gasteiger partial charge in [0.2, 0.25) is 0 Å². The minimum absolute atomic E-state index is 0.0533. The SMILES string of the molecule is O=C(c1c[nH]cc1-c1ccc(Cl)cc1)c1c[nH]cc1-c1ccc(Cl)cc1. The quantitative estimate of drug-likeness (QED) is 0.406. The Hall–Kier alpha value is -2.75. The third kappa shape index (κ3) is 3.07. The smallest absolute Gasteiger partial charge is 0.197 e. The van der Waals surface area contributed by atoms with Gasteiger partial charge in [-0.3, -0.25) is 4.79 Å². The number of carbonyl (C=O) groups is 1. The molecule has 0 aliphatic heterocycles. The van der Waals surface area contributed by atoms with E-state index in [1.165, 1.54) is 0 Å². The van der Waals surface area contributed by atoms with Gasteiger partial charge >= 0.3 is 0 Å². The summed E-state index contributed by atoms with van der Waals surface area (Å²) in [5.41, 5.74) is 4.78. The number of H-pyrrole nitrogens is 2. The summed E-state index contributed by atoms with van der Waals surface area (Å²) in [6.45, 7) is 0. The molecule has 2 heterocycles. The van der Waals surface area contributed by atoms with E-state index in [0.29, 0.717) is 21.2 Å². The van der Waals surface area contributed by atoms with Crippen molar-refractivity contribution in [1.82, 2.24) is 9.97 Å². The van der Waals surface area contributed by atoms with E-state index in [0.717, 1.165) is 22.3 Å². The fraction of sp³-hybridized carbons (Fsp3) is 0. The molecule has 0 bridgehead atoms. The molecule has 0 saturated carbocycles. The van der Waals surface area contributed by atoms with E-state index in [2.05, 4.69) is 9.97 Å². The van der Waals surface area contributed by atoms with Crippen molar-refractivity contribution in [2.45, 2.75) is 0 Å². The number of ketones is 1. The van der Waals surface area contributed by atoms with Gasteiger partial charge in [0.1, 0.15) is 0 Å². The largest absolute Gasteiger partial charge is 0.366 e. The third-order valence-corrected chi connectivity index (χ3v) is 4.79. The number of benzene rings is 2. The molecule has 26 heavy (non-hydrogen) atoms. The van der Waals surface area contributed by atoms with Crippen LogP contribution in [0.3, 0.4) is 0 Å². The molecule has 2 N–H and O–H groups in total. The number of halogens is 2. The lowest BCUT2D eigenvalue weighted by molar-refractivity contribution is 0.104. The molecule has 2 aromatic heterocycles. The van der Waals surface area contributed by atoms with Gasteiger partial charge in [-0.05, 0) is 35.4 Å². The second-order valence-corrected chi connectivity index (χ2v) is 6.78. The fourth-order valence-electron chi connectivity index (χ4n) is 2.99. The topological polar surface area (TPSA) is 48.6 Å². The van der Waals surface area contributed by atoms with Crippen LogP contribution in [0, 0.1) is 0 Å². The summed E-state index contributed by atoms with van der Waals surface area (Å²) < 4.78 is 0. The van der Waals surface area contributed by atoms with E-state index < -0.39 is 0 Å². The molecule has 0 atom stereocenters. The van der Waals surface area contributed by atoms with Crippen LogP contribution < -0.4 is 0 Å². The van der Waals surface area contributed by atoms with Crippen LogP contribution in [-0.4, -0.2) is 15.8 Å². The number of carbonyl (C=O) groups excluding carboxylic acids is 1. The number of hydrogen-bond acceptors (Lipinski definition) is 1. The van der Waals surface area contributed by atoms with E-state index in [4.69, 9.17) is 23.2 Å². The normalized spacial score (nSPS) is 10.8. The highest BCUT2D eigenvalue weighted by atomic mass is 35.5. The Morgan fingerprint density at radius 3 is 1.38 bits per heavy atom. The highest BCUT2D eigenvalue weighted by Gasteiger charge is 2.20. The van der Waals surface area contributed by atoms with E-state index in [9.17, 15) is 4.79 Å². The summed E-state index contributed by atoms with van der Waals surface area (Å²) in [4.78, 5) is 19.3. The number of aromatic amines is 2.